The van der Waals surface area contributed by atoms with Gasteiger partial charge in [-0.25, -0.2) is 0 Å². The van der Waals surface area contributed by atoms with Crippen molar-refractivity contribution < 1.29 is 5.11 Å². The van der Waals surface area contributed by atoms with Crippen molar-refractivity contribution in [2.75, 3.05) is 0 Å². The zero-order valence-corrected chi connectivity index (χ0v) is 10.4. The highest BCUT2D eigenvalue weighted by atomic mass is 16.3. The van der Waals surface area contributed by atoms with Gasteiger partial charge in [-0.15, -0.1) is 0 Å². The fraction of sp³-hybridized carbons (Fsp3) is 0.111. The minimum absolute atomic E-state index is 0.514. The molecule has 90 valence electrons. The van der Waals surface area contributed by atoms with Gasteiger partial charge in [0.2, 0.25) is 0 Å². The first-order chi connectivity index (χ1) is 9.33. The molecule has 1 aliphatic carbocycles. The molecule has 0 radical (unpaired) electrons. The summed E-state index contributed by atoms with van der Waals surface area (Å²) in [6.07, 6.45) is -0.144. The molecule has 1 N–H and O–H groups in total. The van der Waals surface area contributed by atoms with Gasteiger partial charge in [-0.05, 0) is 23.8 Å². The monoisotopic (exact) mass is 244 g/mol. The summed E-state index contributed by atoms with van der Waals surface area (Å²) in [5, 5.41) is 9.98. The molecule has 2 aromatic carbocycles. The summed E-state index contributed by atoms with van der Waals surface area (Å²) < 4.78 is 0. The molecule has 3 rings (SSSR count). The van der Waals surface area contributed by atoms with Crippen molar-refractivity contribution in [3.63, 3.8) is 0 Å². The van der Waals surface area contributed by atoms with Crippen LogP contribution in [0.4, 0.5) is 0 Å². The van der Waals surface area contributed by atoms with Crippen LogP contribution in [0.1, 0.15) is 22.3 Å². The quantitative estimate of drug-likeness (QED) is 0.705. The van der Waals surface area contributed by atoms with Crippen LogP contribution in [0.25, 0.3) is 0 Å². The van der Waals surface area contributed by atoms with Crippen molar-refractivity contribution in [2.24, 2.45) is 0 Å². The van der Waals surface area contributed by atoms with E-state index in [1.165, 1.54) is 0 Å². The van der Waals surface area contributed by atoms with Gasteiger partial charge >= 0.3 is 0 Å². The molecule has 0 heterocycles. The fourth-order valence-corrected chi connectivity index (χ4v) is 2.08. The summed E-state index contributed by atoms with van der Waals surface area (Å²) in [5.41, 5.74) is 3.77. The number of aliphatic hydroxyl groups is 1. The maximum Gasteiger partial charge on any atom is 0.119 e. The molecular weight excluding hydrogens is 232 g/mol. The molecule has 1 nitrogen and oxygen atoms in total. The van der Waals surface area contributed by atoms with E-state index >= 15 is 0 Å². The highest BCUT2D eigenvalue weighted by molar-refractivity contribution is 5.54. The first kappa shape index (κ1) is 11.6. The van der Waals surface area contributed by atoms with Gasteiger partial charge in [-0.2, -0.15) is 0 Å². The van der Waals surface area contributed by atoms with Gasteiger partial charge in [-0.3, -0.25) is 0 Å². The third-order valence-electron chi connectivity index (χ3n) is 3.06. The average molecular weight is 244 g/mol. The molecule has 0 bridgehead atoms. The lowest BCUT2D eigenvalue weighted by atomic mass is 9.99. The summed E-state index contributed by atoms with van der Waals surface area (Å²) in [5.74, 6) is 12.2. The Bertz CT molecular complexity index is 735. The van der Waals surface area contributed by atoms with E-state index in [9.17, 15) is 5.11 Å². The SMILES string of the molecule is OC1C#Cc2ccccc2C#Cc2ccccc2C1. The molecule has 0 fully saturated rings. The second-order valence-electron chi connectivity index (χ2n) is 4.44. The summed E-state index contributed by atoms with van der Waals surface area (Å²) >= 11 is 0. The number of fused-ring (bicyclic) bond motifs is 2. The van der Waals surface area contributed by atoms with Gasteiger partial charge in [0.05, 0.1) is 0 Å². The summed E-state index contributed by atoms with van der Waals surface area (Å²) in [7, 11) is 0. The van der Waals surface area contributed by atoms with Crippen LogP contribution >= 0.6 is 0 Å². The topological polar surface area (TPSA) is 20.2 Å². The predicted octanol–water partition coefficient (Wildman–Crippen LogP) is 2.35. The Morgan fingerprint density at radius 2 is 1.37 bits per heavy atom. The highest BCUT2D eigenvalue weighted by Crippen LogP contribution is 2.13. The highest BCUT2D eigenvalue weighted by Gasteiger charge is 2.07. The van der Waals surface area contributed by atoms with Crippen molar-refractivity contribution in [3.05, 3.63) is 70.8 Å². The number of benzene rings is 2. The largest absolute Gasteiger partial charge is 0.380 e. The fourth-order valence-electron chi connectivity index (χ4n) is 2.08. The maximum absolute atomic E-state index is 9.98. The van der Waals surface area contributed by atoms with E-state index in [0.717, 1.165) is 22.3 Å². The van der Waals surface area contributed by atoms with Crippen molar-refractivity contribution in [3.8, 4) is 23.7 Å². The molecule has 0 aliphatic heterocycles. The Labute approximate surface area is 112 Å². The van der Waals surface area contributed by atoms with E-state index < -0.39 is 6.10 Å². The smallest absolute Gasteiger partial charge is 0.119 e. The zero-order chi connectivity index (χ0) is 13.1. The molecule has 19 heavy (non-hydrogen) atoms. The maximum atomic E-state index is 9.98. The minimum atomic E-state index is -0.658. The number of rotatable bonds is 0. The van der Waals surface area contributed by atoms with Gasteiger partial charge in [0.15, 0.2) is 0 Å². The summed E-state index contributed by atoms with van der Waals surface area (Å²) in [4.78, 5) is 0. The summed E-state index contributed by atoms with van der Waals surface area (Å²) in [6.45, 7) is 0. The van der Waals surface area contributed by atoms with Gasteiger partial charge in [0, 0.05) is 23.1 Å². The second kappa shape index (κ2) is 5.02. The van der Waals surface area contributed by atoms with Crippen molar-refractivity contribution in [1.82, 2.24) is 0 Å². The van der Waals surface area contributed by atoms with Crippen LogP contribution in [-0.2, 0) is 6.42 Å². The van der Waals surface area contributed by atoms with Gasteiger partial charge in [-0.1, -0.05) is 54.0 Å². The third kappa shape index (κ3) is 2.52. The van der Waals surface area contributed by atoms with Crippen molar-refractivity contribution in [1.29, 1.82) is 0 Å². The van der Waals surface area contributed by atoms with E-state index in [-0.39, 0.29) is 0 Å². The molecule has 0 aromatic heterocycles. The first-order valence-electron chi connectivity index (χ1n) is 6.21. The van der Waals surface area contributed by atoms with Gasteiger partial charge in [0.1, 0.15) is 6.10 Å². The number of hydrogen-bond acceptors (Lipinski definition) is 1. The second-order valence-corrected chi connectivity index (χ2v) is 4.44. The van der Waals surface area contributed by atoms with E-state index in [0.29, 0.717) is 6.42 Å². The van der Waals surface area contributed by atoms with Crippen molar-refractivity contribution in [2.45, 2.75) is 12.5 Å². The van der Waals surface area contributed by atoms with Crippen molar-refractivity contribution >= 4 is 0 Å². The van der Waals surface area contributed by atoms with E-state index in [1.807, 2.05) is 48.5 Å². The molecule has 1 aliphatic rings. The van der Waals surface area contributed by atoms with Crippen LogP contribution in [0, 0.1) is 23.7 Å². The number of hydrogen-bond donors (Lipinski definition) is 1. The average Bonchev–Trinajstić information content (AvgIpc) is 2.45. The van der Waals surface area contributed by atoms with Crippen LogP contribution in [0.3, 0.4) is 0 Å². The lowest BCUT2D eigenvalue weighted by Crippen LogP contribution is -2.09. The van der Waals surface area contributed by atoms with Crippen LogP contribution in [0.2, 0.25) is 0 Å². The van der Waals surface area contributed by atoms with Crippen LogP contribution < -0.4 is 0 Å². The Balaban J connectivity index is 2.19. The summed E-state index contributed by atoms with van der Waals surface area (Å²) in [6, 6.07) is 15.6. The zero-order valence-electron chi connectivity index (χ0n) is 10.4. The number of aliphatic hydroxyl groups excluding tert-OH is 1. The Morgan fingerprint density at radius 3 is 2.16 bits per heavy atom. The van der Waals surface area contributed by atoms with Crippen LogP contribution in [-0.4, -0.2) is 11.2 Å². The Kier molecular flexibility index (Phi) is 3.07. The lowest BCUT2D eigenvalue weighted by molar-refractivity contribution is 0.233. The molecule has 0 amide bonds. The van der Waals surface area contributed by atoms with Gasteiger partial charge in [0.25, 0.3) is 0 Å². The molecule has 2 aromatic rings. The normalized spacial score (nSPS) is 15.9. The lowest BCUT2D eigenvalue weighted by Gasteiger charge is -2.07. The molecule has 0 saturated heterocycles. The van der Waals surface area contributed by atoms with E-state index in [1.54, 1.807) is 0 Å². The molecule has 1 atom stereocenters. The Morgan fingerprint density at radius 1 is 0.789 bits per heavy atom. The molecule has 0 saturated carbocycles. The third-order valence-corrected chi connectivity index (χ3v) is 3.06. The van der Waals surface area contributed by atoms with E-state index in [2.05, 4.69) is 23.7 Å². The standard InChI is InChI=1S/C18H12O/c19-18-12-11-15-6-2-1-5-14(15)9-10-16-7-3-4-8-17(16)13-18/h1-8,18-19H,13H2. The van der Waals surface area contributed by atoms with Crippen LogP contribution in [0.5, 0.6) is 0 Å². The van der Waals surface area contributed by atoms with Gasteiger partial charge < -0.3 is 5.11 Å². The molecule has 0 spiro atoms. The Hall–Kier alpha value is -2.48. The first-order valence-corrected chi connectivity index (χ1v) is 6.21. The van der Waals surface area contributed by atoms with Crippen LogP contribution in [0.15, 0.2) is 48.5 Å². The molecule has 1 unspecified atom stereocenters. The van der Waals surface area contributed by atoms with E-state index in [4.69, 9.17) is 0 Å². The molecular formula is C18H12O. The predicted molar refractivity (Wildman–Crippen MR) is 75.5 cm³/mol. The minimum Gasteiger partial charge on any atom is -0.380 e. The molecule has 1 heteroatoms.